The normalized spacial score (nSPS) is 10.7. The molecule has 0 fully saturated rings. The molecule has 4 aromatic rings. The maximum Gasteiger partial charge on any atom is 0.270 e. The van der Waals surface area contributed by atoms with Crippen LogP contribution in [0.25, 0.3) is 22.5 Å². The standard InChI is InChI=1S/C24H23N5O/c1-3-29(16-18-8-5-4-6-9-18)24(30)22-12-20(17-28(22)2)21-14-26-23(27-15-21)19-10-7-11-25-13-19/h4-15,17H,3,16H2,1-2H3. The van der Waals surface area contributed by atoms with E-state index >= 15 is 0 Å². The maximum absolute atomic E-state index is 13.2. The summed E-state index contributed by atoms with van der Waals surface area (Å²) in [7, 11) is 1.89. The first kappa shape index (κ1) is 19.5. The predicted octanol–water partition coefficient (Wildman–Crippen LogP) is 4.21. The van der Waals surface area contributed by atoms with Crippen molar-refractivity contribution in [3.05, 3.63) is 90.8 Å². The van der Waals surface area contributed by atoms with Gasteiger partial charge in [-0.25, -0.2) is 9.97 Å². The SMILES string of the molecule is CCN(Cc1ccccc1)C(=O)c1cc(-c2cnc(-c3cccnc3)nc2)cn1C. The van der Waals surface area contributed by atoms with E-state index < -0.39 is 0 Å². The third kappa shape index (κ3) is 4.12. The van der Waals surface area contributed by atoms with Gasteiger partial charge in [-0.3, -0.25) is 9.78 Å². The van der Waals surface area contributed by atoms with Gasteiger partial charge in [-0.2, -0.15) is 0 Å². The summed E-state index contributed by atoms with van der Waals surface area (Å²) in [5, 5.41) is 0. The minimum atomic E-state index is 0.00278. The Morgan fingerprint density at radius 1 is 0.967 bits per heavy atom. The van der Waals surface area contributed by atoms with Gasteiger partial charge < -0.3 is 9.47 Å². The summed E-state index contributed by atoms with van der Waals surface area (Å²) in [5.41, 5.74) is 4.39. The van der Waals surface area contributed by atoms with Crippen molar-refractivity contribution in [2.45, 2.75) is 13.5 Å². The van der Waals surface area contributed by atoms with E-state index in [-0.39, 0.29) is 5.91 Å². The van der Waals surface area contributed by atoms with Gasteiger partial charge in [-0.1, -0.05) is 30.3 Å². The Bertz CT molecular complexity index is 1120. The lowest BCUT2D eigenvalue weighted by atomic mass is 10.1. The molecule has 1 aromatic carbocycles. The molecule has 1 amide bonds. The summed E-state index contributed by atoms with van der Waals surface area (Å²) in [6.45, 7) is 3.21. The van der Waals surface area contributed by atoms with Crippen LogP contribution in [0.1, 0.15) is 23.0 Å². The fourth-order valence-electron chi connectivity index (χ4n) is 3.35. The van der Waals surface area contributed by atoms with Crippen LogP contribution in [0.5, 0.6) is 0 Å². The van der Waals surface area contributed by atoms with Crippen molar-refractivity contribution in [2.24, 2.45) is 7.05 Å². The molecule has 6 nitrogen and oxygen atoms in total. The van der Waals surface area contributed by atoms with Crippen LogP contribution < -0.4 is 0 Å². The molecule has 0 atom stereocenters. The van der Waals surface area contributed by atoms with E-state index in [1.807, 2.05) is 78.2 Å². The van der Waals surface area contributed by atoms with Crippen LogP contribution in [-0.2, 0) is 13.6 Å². The molecule has 0 radical (unpaired) electrons. The Morgan fingerprint density at radius 3 is 2.40 bits per heavy atom. The molecule has 3 heterocycles. The zero-order valence-electron chi connectivity index (χ0n) is 17.1. The Balaban J connectivity index is 1.56. The summed E-state index contributed by atoms with van der Waals surface area (Å²) < 4.78 is 1.86. The van der Waals surface area contributed by atoms with Gasteiger partial charge in [0.15, 0.2) is 5.82 Å². The van der Waals surface area contributed by atoms with Crippen molar-refractivity contribution in [2.75, 3.05) is 6.54 Å². The lowest BCUT2D eigenvalue weighted by Gasteiger charge is -2.21. The second kappa shape index (κ2) is 8.69. The van der Waals surface area contributed by atoms with E-state index in [2.05, 4.69) is 15.0 Å². The summed E-state index contributed by atoms with van der Waals surface area (Å²) >= 11 is 0. The molecule has 0 N–H and O–H groups in total. The molecule has 30 heavy (non-hydrogen) atoms. The smallest absolute Gasteiger partial charge is 0.270 e. The van der Waals surface area contributed by atoms with Crippen LogP contribution >= 0.6 is 0 Å². The molecule has 0 saturated carbocycles. The number of carbonyl (C=O) groups excluding carboxylic acids is 1. The number of nitrogens with zero attached hydrogens (tertiary/aromatic N) is 5. The van der Waals surface area contributed by atoms with Gasteiger partial charge >= 0.3 is 0 Å². The summed E-state index contributed by atoms with van der Waals surface area (Å²) in [4.78, 5) is 28.0. The first-order valence-electron chi connectivity index (χ1n) is 9.88. The predicted molar refractivity (Wildman–Crippen MR) is 117 cm³/mol. The number of aromatic nitrogens is 4. The molecule has 0 aliphatic carbocycles. The molecule has 0 bridgehead atoms. The van der Waals surface area contributed by atoms with Crippen molar-refractivity contribution >= 4 is 5.91 Å². The molecule has 0 aliphatic heterocycles. The number of benzene rings is 1. The highest BCUT2D eigenvalue weighted by atomic mass is 16.2. The van der Waals surface area contributed by atoms with Gasteiger partial charge in [-0.15, -0.1) is 0 Å². The van der Waals surface area contributed by atoms with E-state index in [9.17, 15) is 4.79 Å². The van der Waals surface area contributed by atoms with Crippen LogP contribution in [0.15, 0.2) is 79.5 Å². The van der Waals surface area contributed by atoms with E-state index in [0.29, 0.717) is 24.6 Å². The summed E-state index contributed by atoms with van der Waals surface area (Å²) in [6.07, 6.45) is 8.95. The van der Waals surface area contributed by atoms with Gasteiger partial charge in [0.25, 0.3) is 5.91 Å². The van der Waals surface area contributed by atoms with Crippen molar-refractivity contribution in [1.29, 1.82) is 0 Å². The van der Waals surface area contributed by atoms with Gasteiger partial charge in [-0.05, 0) is 30.7 Å². The van der Waals surface area contributed by atoms with Gasteiger partial charge in [0.2, 0.25) is 0 Å². The van der Waals surface area contributed by atoms with Crippen molar-refractivity contribution in [3.63, 3.8) is 0 Å². The van der Waals surface area contributed by atoms with Crippen molar-refractivity contribution in [1.82, 2.24) is 24.4 Å². The average Bonchev–Trinajstić information content (AvgIpc) is 3.20. The number of amides is 1. The second-order valence-electron chi connectivity index (χ2n) is 7.07. The Kier molecular flexibility index (Phi) is 5.66. The second-order valence-corrected chi connectivity index (χ2v) is 7.07. The minimum Gasteiger partial charge on any atom is -0.346 e. The number of pyridine rings is 1. The highest BCUT2D eigenvalue weighted by Crippen LogP contribution is 2.23. The van der Waals surface area contributed by atoms with E-state index in [0.717, 1.165) is 22.3 Å². The number of hydrogen-bond acceptors (Lipinski definition) is 4. The highest BCUT2D eigenvalue weighted by Gasteiger charge is 2.19. The van der Waals surface area contributed by atoms with Crippen LogP contribution in [-0.4, -0.2) is 36.9 Å². The van der Waals surface area contributed by atoms with Crippen LogP contribution in [0.4, 0.5) is 0 Å². The average molecular weight is 397 g/mol. The fraction of sp³-hybridized carbons (Fsp3) is 0.167. The van der Waals surface area contributed by atoms with Crippen molar-refractivity contribution < 1.29 is 4.79 Å². The minimum absolute atomic E-state index is 0.00278. The van der Waals surface area contributed by atoms with Crippen LogP contribution in [0, 0.1) is 0 Å². The summed E-state index contributed by atoms with van der Waals surface area (Å²) in [5.74, 6) is 0.627. The van der Waals surface area contributed by atoms with Crippen molar-refractivity contribution in [3.8, 4) is 22.5 Å². The largest absolute Gasteiger partial charge is 0.346 e. The van der Waals surface area contributed by atoms with Gasteiger partial charge in [0.05, 0.1) is 0 Å². The highest BCUT2D eigenvalue weighted by molar-refractivity contribution is 5.94. The fourth-order valence-corrected chi connectivity index (χ4v) is 3.35. The van der Waals surface area contributed by atoms with Crippen LogP contribution in [0.3, 0.4) is 0 Å². The molecular weight excluding hydrogens is 374 g/mol. The van der Waals surface area contributed by atoms with E-state index in [4.69, 9.17) is 0 Å². The van der Waals surface area contributed by atoms with E-state index in [1.165, 1.54) is 0 Å². The lowest BCUT2D eigenvalue weighted by molar-refractivity contribution is 0.0743. The third-order valence-electron chi connectivity index (χ3n) is 5.01. The number of aryl methyl sites for hydroxylation is 1. The summed E-state index contributed by atoms with van der Waals surface area (Å²) in [6, 6.07) is 15.7. The topological polar surface area (TPSA) is 63.9 Å². The maximum atomic E-state index is 13.2. The van der Waals surface area contributed by atoms with Gasteiger partial charge in [0.1, 0.15) is 5.69 Å². The van der Waals surface area contributed by atoms with E-state index in [1.54, 1.807) is 24.8 Å². The zero-order valence-corrected chi connectivity index (χ0v) is 17.1. The quantitative estimate of drug-likeness (QED) is 0.489. The Labute approximate surface area is 175 Å². The van der Waals surface area contributed by atoms with Gasteiger partial charge in [0, 0.05) is 67.8 Å². The number of hydrogen-bond donors (Lipinski definition) is 0. The molecule has 6 heteroatoms. The monoisotopic (exact) mass is 397 g/mol. The zero-order chi connectivity index (χ0) is 20.9. The molecule has 0 spiro atoms. The Morgan fingerprint density at radius 2 is 1.73 bits per heavy atom. The molecular formula is C24H23N5O. The lowest BCUT2D eigenvalue weighted by Crippen LogP contribution is -2.31. The number of carbonyl (C=O) groups is 1. The molecule has 3 aromatic heterocycles. The molecule has 0 saturated heterocycles. The molecule has 0 aliphatic rings. The first-order valence-corrected chi connectivity index (χ1v) is 9.88. The number of rotatable bonds is 6. The Hall–Kier alpha value is -3.80. The third-order valence-corrected chi connectivity index (χ3v) is 5.01. The van der Waals surface area contributed by atoms with Crippen LogP contribution in [0.2, 0.25) is 0 Å². The molecule has 150 valence electrons. The first-order chi connectivity index (χ1) is 14.7. The molecule has 0 unspecified atom stereocenters. The molecule has 4 rings (SSSR count).